The number of aromatic nitrogens is 2. The number of benzene rings is 10. The highest BCUT2D eigenvalue weighted by molar-refractivity contribution is 6.14. The topological polar surface area (TPSA) is 33.6 Å². The summed E-state index contributed by atoms with van der Waals surface area (Å²) in [4.78, 5) is 0. The molecule has 0 saturated carbocycles. The van der Waals surface area contributed by atoms with E-state index in [0.29, 0.717) is 28.1 Å². The first kappa shape index (κ1) is 38.8. The SMILES string of the molecule is N#Cc1c(-n2c3ccc(-c4ccccc4)cc3c3cc(-c4ccccc4)ccc32)ccc(-c2cc(F)cc(F)c2)c1-n1c2ccc(-c3ccccc3)cc2c2cc(-c3ccccc3)ccc21. The smallest absolute Gasteiger partial charge is 0.126 e. The first-order valence-corrected chi connectivity index (χ1v) is 21.9. The van der Waals surface area contributed by atoms with Crippen LogP contribution in [0.3, 0.4) is 0 Å². The Morgan fingerprint density at radius 3 is 1.02 bits per heavy atom. The van der Waals surface area contributed by atoms with Crippen molar-refractivity contribution in [2.24, 2.45) is 0 Å². The fourth-order valence-corrected chi connectivity index (χ4v) is 9.84. The second-order valence-corrected chi connectivity index (χ2v) is 16.7. The van der Waals surface area contributed by atoms with E-state index in [1.54, 1.807) is 0 Å². The van der Waals surface area contributed by atoms with Gasteiger partial charge in [0.2, 0.25) is 0 Å². The Balaban J connectivity index is 1.19. The van der Waals surface area contributed by atoms with Crippen molar-refractivity contribution >= 4 is 43.6 Å². The molecule has 0 bridgehead atoms. The third kappa shape index (κ3) is 6.47. The van der Waals surface area contributed by atoms with E-state index in [9.17, 15) is 5.26 Å². The molecule has 0 aliphatic heterocycles. The van der Waals surface area contributed by atoms with Gasteiger partial charge in [0.15, 0.2) is 0 Å². The zero-order chi connectivity index (χ0) is 44.3. The molecule has 2 heterocycles. The molecule has 3 nitrogen and oxygen atoms in total. The maximum absolute atomic E-state index is 15.3. The summed E-state index contributed by atoms with van der Waals surface area (Å²) in [7, 11) is 0. The van der Waals surface area contributed by atoms with E-state index in [4.69, 9.17) is 0 Å². The van der Waals surface area contributed by atoms with Gasteiger partial charge in [-0.15, -0.1) is 0 Å². The highest BCUT2D eigenvalue weighted by Gasteiger charge is 2.26. The standard InChI is InChI=1S/C61H37F2N3/c62-48-31-47(32-49(63)37-48)50-25-30-60(65-56-26-21-43(39-13-5-1-6-14-39)33-51(56)52-34-44(22-27-57(52)65)40-15-7-2-8-16-40)55(38-64)61(50)66-58-28-23-45(41-17-9-3-10-18-41)35-53(58)54-36-46(24-29-59(54)66)42-19-11-4-12-20-42/h1-37H. The summed E-state index contributed by atoms with van der Waals surface area (Å²) in [6.45, 7) is 0. The van der Waals surface area contributed by atoms with Gasteiger partial charge in [0, 0.05) is 33.2 Å². The summed E-state index contributed by atoms with van der Waals surface area (Å²) in [5.74, 6) is -1.40. The molecule has 0 N–H and O–H groups in total. The minimum Gasteiger partial charge on any atom is -0.308 e. The Labute approximate surface area is 379 Å². The average molecular weight is 850 g/mol. The van der Waals surface area contributed by atoms with Gasteiger partial charge in [0.05, 0.1) is 33.4 Å². The minimum atomic E-state index is -0.702. The number of nitriles is 1. The van der Waals surface area contributed by atoms with Crippen molar-refractivity contribution in [1.82, 2.24) is 9.13 Å². The number of hydrogen-bond acceptors (Lipinski definition) is 1. The van der Waals surface area contributed by atoms with Crippen molar-refractivity contribution in [1.29, 1.82) is 5.26 Å². The van der Waals surface area contributed by atoms with Gasteiger partial charge in [-0.1, -0.05) is 152 Å². The van der Waals surface area contributed by atoms with Gasteiger partial charge in [-0.25, -0.2) is 8.78 Å². The zero-order valence-corrected chi connectivity index (χ0v) is 35.5. The van der Waals surface area contributed by atoms with Crippen molar-refractivity contribution in [3.8, 4) is 73.1 Å². The fraction of sp³-hybridized carbons (Fsp3) is 0. The van der Waals surface area contributed by atoms with Gasteiger partial charge in [0.25, 0.3) is 0 Å². The number of halogens is 2. The van der Waals surface area contributed by atoms with Crippen molar-refractivity contribution in [2.75, 3.05) is 0 Å². The molecule has 66 heavy (non-hydrogen) atoms. The third-order valence-corrected chi connectivity index (χ3v) is 12.9. The highest BCUT2D eigenvalue weighted by Crippen LogP contribution is 2.44. The lowest BCUT2D eigenvalue weighted by Crippen LogP contribution is -2.06. The van der Waals surface area contributed by atoms with E-state index in [0.717, 1.165) is 94.2 Å². The van der Waals surface area contributed by atoms with Gasteiger partial charge in [-0.2, -0.15) is 5.26 Å². The Kier molecular flexibility index (Phi) is 9.25. The van der Waals surface area contributed by atoms with Crippen molar-refractivity contribution < 1.29 is 8.78 Å². The molecular weight excluding hydrogens is 813 g/mol. The fourth-order valence-electron chi connectivity index (χ4n) is 9.84. The Bertz CT molecular complexity index is 3670. The van der Waals surface area contributed by atoms with Crippen molar-refractivity contribution in [2.45, 2.75) is 0 Å². The largest absolute Gasteiger partial charge is 0.308 e. The zero-order valence-electron chi connectivity index (χ0n) is 35.5. The maximum atomic E-state index is 15.3. The van der Waals surface area contributed by atoms with Crippen LogP contribution in [-0.2, 0) is 0 Å². The maximum Gasteiger partial charge on any atom is 0.126 e. The van der Waals surface area contributed by atoms with Crippen LogP contribution in [0.2, 0.25) is 0 Å². The second kappa shape index (κ2) is 15.7. The molecule has 0 atom stereocenters. The van der Waals surface area contributed by atoms with E-state index >= 15 is 8.78 Å². The van der Waals surface area contributed by atoms with Crippen LogP contribution >= 0.6 is 0 Å². The van der Waals surface area contributed by atoms with E-state index in [1.807, 2.05) is 84.9 Å². The molecule has 12 rings (SSSR count). The molecule has 0 fully saturated rings. The average Bonchev–Trinajstić information content (AvgIpc) is 3.87. The molecule has 5 heteroatoms. The van der Waals surface area contributed by atoms with Crippen LogP contribution in [0.15, 0.2) is 224 Å². The quantitative estimate of drug-likeness (QED) is 0.157. The minimum absolute atomic E-state index is 0.324. The summed E-state index contributed by atoms with van der Waals surface area (Å²) in [6, 6.07) is 77.0. The lowest BCUT2D eigenvalue weighted by Gasteiger charge is -2.20. The van der Waals surface area contributed by atoms with Crippen LogP contribution in [0.5, 0.6) is 0 Å². The van der Waals surface area contributed by atoms with E-state index in [-0.39, 0.29) is 0 Å². The Hall–Kier alpha value is -8.85. The molecule has 0 aliphatic rings. The molecule has 0 radical (unpaired) electrons. The van der Waals surface area contributed by atoms with E-state index < -0.39 is 11.6 Å². The molecule has 0 amide bonds. The van der Waals surface area contributed by atoms with Gasteiger partial charge in [0.1, 0.15) is 23.3 Å². The van der Waals surface area contributed by atoms with Crippen molar-refractivity contribution in [3.63, 3.8) is 0 Å². The molecule has 310 valence electrons. The molecule has 0 unspecified atom stereocenters. The van der Waals surface area contributed by atoms with Crippen LogP contribution in [0.25, 0.3) is 111 Å². The van der Waals surface area contributed by atoms with Gasteiger partial charge in [-0.05, 0) is 117 Å². The summed E-state index contributed by atoms with van der Waals surface area (Å²) in [5, 5.41) is 15.7. The lowest BCUT2D eigenvalue weighted by molar-refractivity contribution is 0.584. The van der Waals surface area contributed by atoms with Crippen molar-refractivity contribution in [3.05, 3.63) is 242 Å². The van der Waals surface area contributed by atoms with Crippen LogP contribution in [0, 0.1) is 23.0 Å². The first-order valence-electron chi connectivity index (χ1n) is 21.9. The monoisotopic (exact) mass is 849 g/mol. The van der Waals surface area contributed by atoms with E-state index in [1.165, 1.54) is 12.1 Å². The van der Waals surface area contributed by atoms with E-state index in [2.05, 4.69) is 137 Å². The molecule has 10 aromatic carbocycles. The third-order valence-electron chi connectivity index (χ3n) is 12.9. The molecule has 0 aliphatic carbocycles. The Morgan fingerprint density at radius 1 is 0.318 bits per heavy atom. The number of hydrogen-bond donors (Lipinski definition) is 0. The second-order valence-electron chi connectivity index (χ2n) is 16.7. The van der Waals surface area contributed by atoms with Gasteiger partial charge < -0.3 is 9.13 Å². The normalized spacial score (nSPS) is 11.5. The first-order chi connectivity index (χ1) is 32.5. The summed E-state index contributed by atoms with van der Waals surface area (Å²) in [6.07, 6.45) is 0. The van der Waals surface area contributed by atoms with Gasteiger partial charge >= 0.3 is 0 Å². The summed E-state index contributed by atoms with van der Waals surface area (Å²) >= 11 is 0. The predicted molar refractivity (Wildman–Crippen MR) is 267 cm³/mol. The predicted octanol–water partition coefficient (Wildman–Crippen LogP) is 16.4. The molecular formula is C61H37F2N3. The van der Waals surface area contributed by atoms with Crippen LogP contribution < -0.4 is 0 Å². The molecule has 0 saturated heterocycles. The number of rotatable bonds is 7. The lowest BCUT2D eigenvalue weighted by atomic mass is 9.97. The molecule has 2 aromatic heterocycles. The summed E-state index contributed by atoms with van der Waals surface area (Å²) < 4.78 is 34.9. The van der Waals surface area contributed by atoms with Gasteiger partial charge in [-0.3, -0.25) is 0 Å². The Morgan fingerprint density at radius 2 is 0.667 bits per heavy atom. The number of nitrogens with zero attached hydrogens (tertiary/aromatic N) is 3. The molecule has 12 aromatic rings. The molecule has 0 spiro atoms. The number of fused-ring (bicyclic) bond motifs is 6. The van der Waals surface area contributed by atoms with Crippen LogP contribution in [0.1, 0.15) is 5.56 Å². The van der Waals surface area contributed by atoms with Crippen LogP contribution in [-0.4, -0.2) is 9.13 Å². The summed E-state index contributed by atoms with van der Waals surface area (Å²) in [5.41, 5.74) is 14.5. The highest BCUT2D eigenvalue weighted by atomic mass is 19.1. The van der Waals surface area contributed by atoms with Crippen LogP contribution in [0.4, 0.5) is 8.78 Å².